The molecule has 2 atom stereocenters. The Morgan fingerprint density at radius 1 is 1.21 bits per heavy atom. The number of halogens is 2. The number of nitrogens with zero attached hydrogens (tertiary/aromatic N) is 1. The third-order valence-corrected chi connectivity index (χ3v) is 7.83. The van der Waals surface area contributed by atoms with Crippen LogP contribution in [0.3, 0.4) is 0 Å². The molecule has 1 unspecified atom stereocenters. The van der Waals surface area contributed by atoms with Gasteiger partial charge in [-0.3, -0.25) is 9.59 Å². The lowest BCUT2D eigenvalue weighted by Gasteiger charge is -2.27. The Bertz CT molecular complexity index is 1340. The summed E-state index contributed by atoms with van der Waals surface area (Å²) < 4.78 is 47.0. The summed E-state index contributed by atoms with van der Waals surface area (Å²) in [7, 11) is -4.30. The molecular weight excluding hydrogens is 537 g/mol. The van der Waals surface area contributed by atoms with Gasteiger partial charge in [0.1, 0.15) is 17.5 Å². The summed E-state index contributed by atoms with van der Waals surface area (Å²) in [4.78, 5) is 39.7. The van der Waals surface area contributed by atoms with Crippen molar-refractivity contribution < 1.29 is 31.9 Å². The van der Waals surface area contributed by atoms with E-state index in [9.17, 15) is 22.8 Å². The van der Waals surface area contributed by atoms with Gasteiger partial charge in [-0.25, -0.2) is 17.6 Å². The van der Waals surface area contributed by atoms with E-state index < -0.39 is 61.4 Å². The number of nitrogens with one attached hydrogen (secondary N) is 2. The Balaban J connectivity index is 2.14. The number of carbonyl (C=O) groups excluding carboxylic acids is 3. The van der Waals surface area contributed by atoms with Gasteiger partial charge in [0.15, 0.2) is 9.84 Å². The minimum atomic E-state index is -4.30. The molecule has 1 aliphatic rings. The van der Waals surface area contributed by atoms with E-state index in [1.807, 2.05) is 6.92 Å². The van der Waals surface area contributed by atoms with E-state index in [2.05, 4.69) is 10.6 Å². The van der Waals surface area contributed by atoms with Crippen LogP contribution in [0.1, 0.15) is 57.0 Å². The van der Waals surface area contributed by atoms with Crippen LogP contribution in [0.4, 0.5) is 14.9 Å². The van der Waals surface area contributed by atoms with E-state index in [4.69, 9.17) is 16.3 Å². The fraction of sp³-hybridized carbons (Fsp3) is 0.423. The van der Waals surface area contributed by atoms with Crippen LogP contribution >= 0.6 is 11.6 Å². The number of fused-ring (bicyclic) bond motifs is 1. The first kappa shape index (κ1) is 29.4. The van der Waals surface area contributed by atoms with Crippen LogP contribution in [-0.2, 0) is 25.9 Å². The lowest BCUT2D eigenvalue weighted by Crippen LogP contribution is -2.51. The first-order valence-corrected chi connectivity index (χ1v) is 14.1. The molecule has 2 aromatic carbocycles. The van der Waals surface area contributed by atoms with Gasteiger partial charge in [-0.15, -0.1) is 0 Å². The zero-order valence-corrected chi connectivity index (χ0v) is 23.4. The van der Waals surface area contributed by atoms with E-state index in [-0.39, 0.29) is 18.3 Å². The summed E-state index contributed by atoms with van der Waals surface area (Å²) in [5.74, 6) is -3.39. The first-order chi connectivity index (χ1) is 17.6. The van der Waals surface area contributed by atoms with Crippen LogP contribution in [0.25, 0.3) is 0 Å². The zero-order valence-electron chi connectivity index (χ0n) is 21.8. The van der Waals surface area contributed by atoms with Crippen molar-refractivity contribution in [1.82, 2.24) is 10.6 Å². The number of alkyl carbamates (subject to hydrolysis) is 1. The Kier molecular flexibility index (Phi) is 8.72. The monoisotopic (exact) mass is 567 g/mol. The van der Waals surface area contributed by atoms with Crippen molar-refractivity contribution in [3.8, 4) is 0 Å². The molecule has 206 valence electrons. The second kappa shape index (κ2) is 11.3. The molecule has 38 heavy (non-hydrogen) atoms. The summed E-state index contributed by atoms with van der Waals surface area (Å²) >= 11 is 5.98. The van der Waals surface area contributed by atoms with Gasteiger partial charge >= 0.3 is 6.09 Å². The van der Waals surface area contributed by atoms with Gasteiger partial charge in [0.05, 0.1) is 28.4 Å². The molecule has 12 heteroatoms. The number of anilines is 1. The average Bonchev–Trinajstić information content (AvgIpc) is 2.87. The third-order valence-electron chi connectivity index (χ3n) is 5.80. The largest absolute Gasteiger partial charge is 0.444 e. The summed E-state index contributed by atoms with van der Waals surface area (Å²) in [6, 6.07) is 6.49. The third kappa shape index (κ3) is 7.02. The van der Waals surface area contributed by atoms with Gasteiger partial charge in [-0.05, 0) is 63.9 Å². The number of benzene rings is 2. The minimum absolute atomic E-state index is 0.136. The lowest BCUT2D eigenvalue weighted by molar-refractivity contribution is -0.120. The number of hydrogen-bond donors (Lipinski definition) is 2. The first-order valence-electron chi connectivity index (χ1n) is 12.0. The van der Waals surface area contributed by atoms with E-state index >= 15 is 4.39 Å². The van der Waals surface area contributed by atoms with E-state index in [0.29, 0.717) is 17.0 Å². The predicted octanol–water partition coefficient (Wildman–Crippen LogP) is 4.22. The van der Waals surface area contributed by atoms with Gasteiger partial charge in [0.25, 0.3) is 11.8 Å². The molecule has 3 amide bonds. The van der Waals surface area contributed by atoms with Crippen LogP contribution in [0.15, 0.2) is 41.3 Å². The maximum absolute atomic E-state index is 15.1. The van der Waals surface area contributed by atoms with Crippen LogP contribution in [-0.4, -0.2) is 49.8 Å². The molecule has 9 nitrogen and oxygen atoms in total. The van der Waals surface area contributed by atoms with Crippen LogP contribution in [0.5, 0.6) is 0 Å². The molecule has 2 aromatic rings. The highest BCUT2D eigenvalue weighted by Crippen LogP contribution is 2.34. The van der Waals surface area contributed by atoms with Crippen LogP contribution in [0.2, 0.25) is 5.02 Å². The molecule has 0 fully saturated rings. The number of rotatable bonds is 6. The van der Waals surface area contributed by atoms with Gasteiger partial charge in [0, 0.05) is 11.1 Å². The van der Waals surface area contributed by atoms with Gasteiger partial charge in [-0.1, -0.05) is 30.7 Å². The molecule has 0 saturated heterocycles. The molecule has 1 aliphatic heterocycles. The van der Waals surface area contributed by atoms with Gasteiger partial charge in [0.2, 0.25) is 0 Å². The highest BCUT2D eigenvalue weighted by Gasteiger charge is 2.40. The minimum Gasteiger partial charge on any atom is -0.444 e. The maximum atomic E-state index is 15.1. The Morgan fingerprint density at radius 3 is 2.42 bits per heavy atom. The Labute approximate surface area is 226 Å². The average molecular weight is 568 g/mol. The second-order valence-corrected chi connectivity index (χ2v) is 12.6. The maximum Gasteiger partial charge on any atom is 0.408 e. The van der Waals surface area contributed by atoms with E-state index in [1.165, 1.54) is 0 Å². The van der Waals surface area contributed by atoms with Crippen molar-refractivity contribution in [3.63, 3.8) is 0 Å². The number of ether oxygens (including phenoxy) is 1. The molecule has 0 aromatic heterocycles. The fourth-order valence-electron chi connectivity index (χ4n) is 3.76. The molecule has 1 heterocycles. The number of hydrogen-bond acceptors (Lipinski definition) is 6. The van der Waals surface area contributed by atoms with Crippen molar-refractivity contribution in [3.05, 3.63) is 58.4 Å². The number of amides is 3. The Hall–Kier alpha value is -3.18. The van der Waals surface area contributed by atoms with Gasteiger partial charge < -0.3 is 20.3 Å². The highest BCUT2D eigenvalue weighted by molar-refractivity contribution is 7.91. The van der Waals surface area contributed by atoms with E-state index in [0.717, 1.165) is 17.0 Å². The predicted molar refractivity (Wildman–Crippen MR) is 141 cm³/mol. The Morgan fingerprint density at radius 2 is 1.84 bits per heavy atom. The summed E-state index contributed by atoms with van der Waals surface area (Å²) in [6.07, 6.45) is -0.394. The van der Waals surface area contributed by atoms with E-state index in [1.54, 1.807) is 52.0 Å². The van der Waals surface area contributed by atoms with Crippen molar-refractivity contribution in [2.24, 2.45) is 0 Å². The normalized spacial score (nSPS) is 17.7. The van der Waals surface area contributed by atoms with Crippen LogP contribution in [0, 0.1) is 5.82 Å². The number of carbonyl (C=O) groups is 3. The topological polar surface area (TPSA) is 122 Å². The number of sulfone groups is 1. The van der Waals surface area contributed by atoms with Crippen molar-refractivity contribution in [2.45, 2.75) is 70.2 Å². The fourth-order valence-corrected chi connectivity index (χ4v) is 5.50. The zero-order chi connectivity index (χ0) is 28.4. The van der Waals surface area contributed by atoms with Crippen molar-refractivity contribution in [2.75, 3.05) is 10.7 Å². The highest BCUT2D eigenvalue weighted by atomic mass is 35.5. The summed E-state index contributed by atoms with van der Waals surface area (Å²) in [5.41, 5.74) is -0.899. The molecule has 0 aliphatic carbocycles. The second-order valence-electron chi connectivity index (χ2n) is 10.1. The van der Waals surface area contributed by atoms with Crippen LogP contribution < -0.4 is 15.5 Å². The lowest BCUT2D eigenvalue weighted by atomic mass is 10.1. The molecule has 0 radical (unpaired) electrons. The smallest absolute Gasteiger partial charge is 0.408 e. The molecule has 0 bridgehead atoms. The molecule has 2 N–H and O–H groups in total. The quantitative estimate of drug-likeness (QED) is 0.539. The molecule has 0 spiro atoms. The standard InChI is InChI=1S/C26H31ClFN3O6S/c1-6-15(2)29-23(32)18-11-21-22(12-19(18)28)38(35,36)14-20(30-25(34)37-26(3,4)5)24(33)31(21)13-16-7-9-17(27)10-8-16/h7-12,15,20H,6,13-14H2,1-5H3,(H,29,32)(H,30,34)/t15?,20-/m0/s1. The van der Waals surface area contributed by atoms with Gasteiger partial charge in [-0.2, -0.15) is 0 Å². The SMILES string of the molecule is CCC(C)NC(=O)c1cc2c(cc1F)S(=O)(=O)C[C@H](NC(=O)OC(C)(C)C)C(=O)N2Cc1ccc(Cl)cc1. The summed E-state index contributed by atoms with van der Waals surface area (Å²) in [5, 5.41) is 5.44. The molecular formula is C26H31ClFN3O6S. The molecule has 0 saturated carbocycles. The molecule has 3 rings (SSSR count). The van der Waals surface area contributed by atoms with Crippen molar-refractivity contribution in [1.29, 1.82) is 0 Å². The summed E-state index contributed by atoms with van der Waals surface area (Å²) in [6.45, 7) is 8.31. The van der Waals surface area contributed by atoms with Crippen molar-refractivity contribution >= 4 is 45.0 Å².